The Morgan fingerprint density at radius 3 is 1.05 bits per heavy atom. The molecule has 0 bridgehead atoms. The average Bonchev–Trinajstić information content (AvgIpc) is 2.46. The third-order valence-electron chi connectivity index (χ3n) is 3.49. The lowest BCUT2D eigenvalue weighted by Gasteiger charge is -2.02. The molecule has 0 radical (unpaired) electrons. The third kappa shape index (κ3) is 23.7. The normalized spacial score (nSPS) is 10.1. The first-order valence-corrected chi connectivity index (χ1v) is 9.09. The van der Waals surface area contributed by atoms with Crippen molar-refractivity contribution in [3.8, 4) is 0 Å². The smallest absolute Gasteiger partial charge is 0.0223 e. The molecule has 0 rings (SSSR count). The van der Waals surface area contributed by atoms with Crippen LogP contribution in [0.25, 0.3) is 0 Å². The maximum absolute atomic E-state index is 5.64. The molecule has 0 atom stereocenters. The molecule has 2 heteroatoms. The molecule has 0 spiro atoms. The topological polar surface area (TPSA) is 26.0 Å². The lowest BCUT2D eigenvalue weighted by Crippen LogP contribution is -1.83. The first-order chi connectivity index (χ1) is 9.41. The molecule has 0 fully saturated rings. The van der Waals surface area contributed by atoms with Crippen LogP contribution < -0.4 is 5.73 Å². The van der Waals surface area contributed by atoms with Gasteiger partial charge in [0.2, 0.25) is 0 Å². The summed E-state index contributed by atoms with van der Waals surface area (Å²) in [5.41, 5.74) is 4.50. The zero-order valence-corrected chi connectivity index (χ0v) is 14.3. The molecule has 0 saturated heterocycles. The summed E-state index contributed by atoms with van der Waals surface area (Å²) in [6.45, 7) is 2.28. The quantitative estimate of drug-likeness (QED) is 0.296. The number of nitrogens with two attached hydrogens (primary N) is 1. The van der Waals surface area contributed by atoms with Crippen LogP contribution in [0.15, 0.2) is 0 Å². The van der Waals surface area contributed by atoms with E-state index in [1.807, 2.05) is 0 Å². The largest absolute Gasteiger partial charge is 0.333 e. The van der Waals surface area contributed by atoms with E-state index in [-0.39, 0.29) is 0 Å². The van der Waals surface area contributed by atoms with Crippen LogP contribution in [-0.2, 0) is 0 Å². The fraction of sp³-hybridized carbons (Fsp3) is 1.00. The van der Waals surface area contributed by atoms with Gasteiger partial charge in [-0.15, -0.1) is 11.6 Å². The van der Waals surface area contributed by atoms with Gasteiger partial charge >= 0.3 is 0 Å². The highest BCUT2D eigenvalue weighted by Gasteiger charge is 1.93. The number of alkyl halides is 1. The second kappa shape index (κ2) is 23.4. The van der Waals surface area contributed by atoms with E-state index in [4.69, 9.17) is 11.6 Å². The van der Waals surface area contributed by atoms with Crippen molar-refractivity contribution in [1.82, 2.24) is 0 Å². The van der Waals surface area contributed by atoms with E-state index in [0.717, 1.165) is 5.88 Å². The predicted molar refractivity (Wildman–Crippen MR) is 91.1 cm³/mol. The minimum atomic E-state index is 0.845. The Balaban J connectivity index is 0. The van der Waals surface area contributed by atoms with Gasteiger partial charge in [-0.2, -0.15) is 0 Å². The van der Waals surface area contributed by atoms with Crippen LogP contribution in [0.3, 0.4) is 0 Å². The number of halogens is 1. The Hall–Kier alpha value is 0.250. The van der Waals surface area contributed by atoms with Crippen LogP contribution in [0.1, 0.15) is 96.8 Å². The van der Waals surface area contributed by atoms with Crippen LogP contribution in [-0.4, -0.2) is 12.9 Å². The third-order valence-corrected chi connectivity index (χ3v) is 3.75. The van der Waals surface area contributed by atoms with Crippen molar-refractivity contribution >= 4 is 11.6 Å². The lowest BCUT2D eigenvalue weighted by atomic mass is 10.0. The maximum atomic E-state index is 5.64. The van der Waals surface area contributed by atoms with Gasteiger partial charge in [0.15, 0.2) is 0 Å². The summed E-state index contributed by atoms with van der Waals surface area (Å²) in [7, 11) is 1.50. The summed E-state index contributed by atoms with van der Waals surface area (Å²) >= 11 is 5.64. The van der Waals surface area contributed by atoms with Gasteiger partial charge in [0, 0.05) is 5.88 Å². The molecule has 0 heterocycles. The van der Waals surface area contributed by atoms with Crippen molar-refractivity contribution < 1.29 is 0 Å². The molecular weight excluding hydrogens is 254 g/mol. The van der Waals surface area contributed by atoms with E-state index >= 15 is 0 Å². The van der Waals surface area contributed by atoms with Gasteiger partial charge in [0.25, 0.3) is 0 Å². The van der Waals surface area contributed by atoms with Gasteiger partial charge in [-0.25, -0.2) is 0 Å². The summed E-state index contributed by atoms with van der Waals surface area (Å²) < 4.78 is 0. The van der Waals surface area contributed by atoms with Crippen LogP contribution in [0.4, 0.5) is 0 Å². The fourth-order valence-electron chi connectivity index (χ4n) is 2.29. The summed E-state index contributed by atoms with van der Waals surface area (Å²) in [5.74, 6) is 0.845. The number of unbranched alkanes of at least 4 members (excludes halogenated alkanes) is 13. The zero-order valence-electron chi connectivity index (χ0n) is 13.6. The van der Waals surface area contributed by atoms with Gasteiger partial charge in [0.05, 0.1) is 0 Å². The Morgan fingerprint density at radius 1 is 0.526 bits per heavy atom. The highest BCUT2D eigenvalue weighted by atomic mass is 35.5. The second-order valence-electron chi connectivity index (χ2n) is 5.29. The van der Waals surface area contributed by atoms with Gasteiger partial charge in [0.1, 0.15) is 0 Å². The van der Waals surface area contributed by atoms with E-state index in [1.54, 1.807) is 0 Å². The Labute approximate surface area is 127 Å². The molecular formula is C17H38ClN. The molecule has 0 aromatic rings. The van der Waals surface area contributed by atoms with E-state index in [1.165, 1.54) is 96.9 Å². The fourth-order valence-corrected chi connectivity index (χ4v) is 2.48. The first kappa shape index (κ1) is 21.5. The standard InChI is InChI=1S/C16H33Cl.CH5N/c1-2-3-4-5-6-7-8-9-10-11-12-13-14-15-16-17;1-2/h2-16H2,1H3;2H2,1H3. The molecule has 19 heavy (non-hydrogen) atoms. The molecule has 0 saturated carbocycles. The monoisotopic (exact) mass is 291 g/mol. The van der Waals surface area contributed by atoms with Crippen molar-refractivity contribution in [2.75, 3.05) is 12.9 Å². The molecule has 0 amide bonds. The molecule has 118 valence electrons. The Morgan fingerprint density at radius 2 is 0.789 bits per heavy atom. The summed E-state index contributed by atoms with van der Waals surface area (Å²) in [5, 5.41) is 0. The van der Waals surface area contributed by atoms with Crippen molar-refractivity contribution in [3.63, 3.8) is 0 Å². The first-order valence-electron chi connectivity index (χ1n) is 8.55. The summed E-state index contributed by atoms with van der Waals surface area (Å²) in [6.07, 6.45) is 19.8. The van der Waals surface area contributed by atoms with Crippen LogP contribution in [0.2, 0.25) is 0 Å². The number of hydrogen-bond donors (Lipinski definition) is 1. The molecule has 0 aromatic heterocycles. The Bertz CT molecular complexity index is 114. The lowest BCUT2D eigenvalue weighted by molar-refractivity contribution is 0.538. The number of rotatable bonds is 14. The number of hydrogen-bond acceptors (Lipinski definition) is 1. The predicted octanol–water partition coefficient (Wildman–Crippen LogP) is 6.28. The molecule has 0 unspecified atom stereocenters. The second-order valence-corrected chi connectivity index (χ2v) is 5.66. The molecule has 0 aliphatic rings. The van der Waals surface area contributed by atoms with E-state index in [0.29, 0.717) is 0 Å². The Kier molecular flexibility index (Phi) is 26.5. The molecule has 0 aromatic carbocycles. The zero-order chi connectivity index (χ0) is 14.6. The maximum Gasteiger partial charge on any atom is 0.0223 e. The molecule has 1 nitrogen and oxygen atoms in total. The van der Waals surface area contributed by atoms with Crippen LogP contribution in [0, 0.1) is 0 Å². The van der Waals surface area contributed by atoms with Gasteiger partial charge in [-0.1, -0.05) is 90.4 Å². The highest BCUT2D eigenvalue weighted by molar-refractivity contribution is 6.17. The highest BCUT2D eigenvalue weighted by Crippen LogP contribution is 2.12. The molecule has 2 N–H and O–H groups in total. The minimum absolute atomic E-state index is 0.845. The summed E-state index contributed by atoms with van der Waals surface area (Å²) in [4.78, 5) is 0. The van der Waals surface area contributed by atoms with Gasteiger partial charge in [-0.05, 0) is 13.5 Å². The minimum Gasteiger partial charge on any atom is -0.333 e. The van der Waals surface area contributed by atoms with E-state index in [9.17, 15) is 0 Å². The van der Waals surface area contributed by atoms with Crippen molar-refractivity contribution in [1.29, 1.82) is 0 Å². The van der Waals surface area contributed by atoms with Crippen molar-refractivity contribution in [2.24, 2.45) is 5.73 Å². The van der Waals surface area contributed by atoms with Crippen molar-refractivity contribution in [3.05, 3.63) is 0 Å². The van der Waals surface area contributed by atoms with E-state index < -0.39 is 0 Å². The average molecular weight is 292 g/mol. The van der Waals surface area contributed by atoms with Crippen LogP contribution in [0.5, 0.6) is 0 Å². The van der Waals surface area contributed by atoms with Gasteiger partial charge < -0.3 is 5.73 Å². The molecule has 0 aliphatic heterocycles. The van der Waals surface area contributed by atoms with Crippen LogP contribution >= 0.6 is 11.6 Å². The molecule has 0 aliphatic carbocycles. The van der Waals surface area contributed by atoms with Gasteiger partial charge in [-0.3, -0.25) is 0 Å². The summed E-state index contributed by atoms with van der Waals surface area (Å²) in [6, 6.07) is 0. The van der Waals surface area contributed by atoms with E-state index in [2.05, 4.69) is 12.7 Å². The van der Waals surface area contributed by atoms with Crippen molar-refractivity contribution in [2.45, 2.75) is 96.8 Å². The SMILES string of the molecule is CCCCCCCCCCCCCCCCCl.CN.